The van der Waals surface area contributed by atoms with Crippen LogP contribution in [-0.2, 0) is 5.75 Å². The molecule has 2 fully saturated rings. The summed E-state index contributed by atoms with van der Waals surface area (Å²) >= 11 is 1.69. The van der Waals surface area contributed by atoms with Crippen molar-refractivity contribution in [1.82, 2.24) is 19.6 Å². The standard InChI is InChI=1S/C22H24N4OS.2ClH/c27-22(26-12-10-16-8-9-17(13-26)23-16)19-5-1-2-6-20(19)28-15-18-14-25-11-4-3-7-21(25)24-18;;/h1-7,11,14,16-17,23H,8-10,12-13,15H2;2*1H. The maximum atomic E-state index is 13.3. The number of thioether (sulfide) groups is 1. The van der Waals surface area contributed by atoms with Crippen LogP contribution >= 0.6 is 36.6 Å². The fourth-order valence-electron chi connectivity index (χ4n) is 4.28. The Morgan fingerprint density at radius 1 is 1.07 bits per heavy atom. The fourth-order valence-corrected chi connectivity index (χ4v) is 5.20. The minimum atomic E-state index is 0. The van der Waals surface area contributed by atoms with E-state index in [-0.39, 0.29) is 30.7 Å². The van der Waals surface area contributed by atoms with E-state index in [9.17, 15) is 4.79 Å². The van der Waals surface area contributed by atoms with Gasteiger partial charge in [-0.1, -0.05) is 18.2 Å². The molecule has 2 bridgehead atoms. The molecule has 30 heavy (non-hydrogen) atoms. The van der Waals surface area contributed by atoms with E-state index in [1.807, 2.05) is 51.9 Å². The molecule has 0 aliphatic carbocycles. The number of nitrogens with zero attached hydrogens (tertiary/aromatic N) is 3. The van der Waals surface area contributed by atoms with Gasteiger partial charge < -0.3 is 14.6 Å². The van der Waals surface area contributed by atoms with Gasteiger partial charge in [0.05, 0.1) is 11.3 Å². The van der Waals surface area contributed by atoms with Gasteiger partial charge in [-0.3, -0.25) is 4.79 Å². The van der Waals surface area contributed by atoms with Gasteiger partial charge >= 0.3 is 0 Å². The van der Waals surface area contributed by atoms with E-state index in [4.69, 9.17) is 0 Å². The number of fused-ring (bicyclic) bond motifs is 3. The zero-order valence-electron chi connectivity index (χ0n) is 16.6. The van der Waals surface area contributed by atoms with Crippen LogP contribution < -0.4 is 5.32 Å². The number of likely N-dealkylation sites (tertiary alicyclic amines) is 1. The second-order valence-electron chi connectivity index (χ2n) is 7.66. The number of nitrogens with one attached hydrogen (secondary N) is 1. The molecule has 2 aliphatic heterocycles. The van der Waals surface area contributed by atoms with Crippen LogP contribution in [0.4, 0.5) is 0 Å². The van der Waals surface area contributed by atoms with E-state index in [1.54, 1.807) is 11.8 Å². The van der Waals surface area contributed by atoms with Crippen molar-refractivity contribution >= 4 is 48.1 Å². The van der Waals surface area contributed by atoms with Crippen LogP contribution in [0.3, 0.4) is 0 Å². The molecule has 2 saturated heterocycles. The number of benzene rings is 1. The Kier molecular flexibility index (Phi) is 7.69. The molecular weight excluding hydrogens is 439 g/mol. The topological polar surface area (TPSA) is 49.6 Å². The quantitative estimate of drug-likeness (QED) is 0.579. The molecule has 1 N–H and O–H groups in total. The van der Waals surface area contributed by atoms with Crippen LogP contribution in [0.15, 0.2) is 59.8 Å². The number of carbonyl (C=O) groups excluding carboxylic acids is 1. The highest BCUT2D eigenvalue weighted by molar-refractivity contribution is 7.98. The highest BCUT2D eigenvalue weighted by Crippen LogP contribution is 2.28. The number of imidazole rings is 1. The molecule has 1 amide bonds. The summed E-state index contributed by atoms with van der Waals surface area (Å²) in [5.74, 6) is 0.908. The van der Waals surface area contributed by atoms with Crippen molar-refractivity contribution in [3.8, 4) is 0 Å². The number of halogens is 2. The maximum Gasteiger partial charge on any atom is 0.255 e. The number of hydrogen-bond acceptors (Lipinski definition) is 4. The van der Waals surface area contributed by atoms with Crippen molar-refractivity contribution in [2.45, 2.75) is 42.0 Å². The molecule has 2 aromatic heterocycles. The Balaban J connectivity index is 0.00000128. The highest BCUT2D eigenvalue weighted by atomic mass is 35.5. The second-order valence-corrected chi connectivity index (χ2v) is 8.68. The van der Waals surface area contributed by atoms with Crippen molar-refractivity contribution < 1.29 is 4.79 Å². The Labute approximate surface area is 193 Å². The highest BCUT2D eigenvalue weighted by Gasteiger charge is 2.32. The third kappa shape index (κ3) is 4.78. The van der Waals surface area contributed by atoms with Crippen LogP contribution in [0.25, 0.3) is 5.65 Å². The summed E-state index contributed by atoms with van der Waals surface area (Å²) in [6.45, 7) is 1.67. The van der Waals surface area contributed by atoms with E-state index >= 15 is 0 Å². The Morgan fingerprint density at radius 2 is 1.87 bits per heavy atom. The monoisotopic (exact) mass is 464 g/mol. The zero-order valence-corrected chi connectivity index (χ0v) is 19.0. The van der Waals surface area contributed by atoms with Crippen molar-refractivity contribution in [2.24, 2.45) is 0 Å². The predicted molar refractivity (Wildman–Crippen MR) is 126 cm³/mol. The van der Waals surface area contributed by atoms with Gasteiger partial charge in [0.1, 0.15) is 5.65 Å². The smallest absolute Gasteiger partial charge is 0.255 e. The maximum absolute atomic E-state index is 13.3. The van der Waals surface area contributed by atoms with Crippen LogP contribution in [0.2, 0.25) is 0 Å². The van der Waals surface area contributed by atoms with Gasteiger partial charge in [0, 0.05) is 48.2 Å². The van der Waals surface area contributed by atoms with E-state index in [2.05, 4.69) is 22.6 Å². The third-order valence-electron chi connectivity index (χ3n) is 5.72. The van der Waals surface area contributed by atoms with E-state index in [1.165, 1.54) is 12.8 Å². The molecule has 0 spiro atoms. The number of amides is 1. The third-order valence-corrected chi connectivity index (χ3v) is 6.82. The van der Waals surface area contributed by atoms with Gasteiger partial charge in [-0.2, -0.15) is 0 Å². The van der Waals surface area contributed by atoms with E-state index in [0.29, 0.717) is 12.1 Å². The molecule has 2 aliphatic rings. The zero-order chi connectivity index (χ0) is 18.9. The van der Waals surface area contributed by atoms with Crippen molar-refractivity contribution in [3.05, 3.63) is 66.1 Å². The molecule has 2 atom stereocenters. The molecule has 8 heteroatoms. The first-order valence-corrected chi connectivity index (χ1v) is 10.9. The largest absolute Gasteiger partial charge is 0.337 e. The summed E-state index contributed by atoms with van der Waals surface area (Å²) in [4.78, 5) is 21.0. The molecule has 5 nitrogen and oxygen atoms in total. The summed E-state index contributed by atoms with van der Waals surface area (Å²) < 4.78 is 2.03. The Bertz CT molecular complexity index is 978. The van der Waals surface area contributed by atoms with Crippen molar-refractivity contribution in [3.63, 3.8) is 0 Å². The van der Waals surface area contributed by atoms with Crippen LogP contribution in [0, 0.1) is 0 Å². The van der Waals surface area contributed by atoms with Crippen molar-refractivity contribution in [2.75, 3.05) is 13.1 Å². The fraction of sp³-hybridized carbons (Fsp3) is 0.364. The first-order valence-electron chi connectivity index (χ1n) is 9.96. The normalized spacial score (nSPS) is 20.3. The number of rotatable bonds is 4. The predicted octanol–water partition coefficient (Wildman–Crippen LogP) is 4.44. The molecule has 5 rings (SSSR count). The number of hydrogen-bond donors (Lipinski definition) is 1. The summed E-state index contributed by atoms with van der Waals surface area (Å²) in [6, 6.07) is 15.0. The molecule has 0 radical (unpaired) electrons. The SMILES string of the molecule is Cl.Cl.O=C(c1ccccc1SCc1cn2ccccc2n1)N1CCC2CCC(C1)N2. The lowest BCUT2D eigenvalue weighted by atomic mass is 10.1. The first-order chi connectivity index (χ1) is 13.8. The molecule has 2 unspecified atom stereocenters. The van der Waals surface area contributed by atoms with Gasteiger partial charge in [-0.05, 0) is 43.5 Å². The summed E-state index contributed by atoms with van der Waals surface area (Å²) in [7, 11) is 0. The Hall–Kier alpha value is -1.73. The van der Waals surface area contributed by atoms with E-state index in [0.717, 1.165) is 47.1 Å². The molecule has 4 heterocycles. The van der Waals surface area contributed by atoms with Gasteiger partial charge in [0.25, 0.3) is 5.91 Å². The Morgan fingerprint density at radius 3 is 2.73 bits per heavy atom. The van der Waals surface area contributed by atoms with Gasteiger partial charge in [0.2, 0.25) is 0 Å². The minimum Gasteiger partial charge on any atom is -0.337 e. The molecule has 0 saturated carbocycles. The van der Waals surface area contributed by atoms with Crippen LogP contribution in [-0.4, -0.2) is 45.4 Å². The van der Waals surface area contributed by atoms with Crippen LogP contribution in [0.5, 0.6) is 0 Å². The second kappa shape index (κ2) is 10.1. The average molecular weight is 465 g/mol. The molecule has 1 aromatic carbocycles. The van der Waals surface area contributed by atoms with Crippen molar-refractivity contribution in [1.29, 1.82) is 0 Å². The molecule has 3 aromatic rings. The summed E-state index contributed by atoms with van der Waals surface area (Å²) in [6.07, 6.45) is 7.55. The summed E-state index contributed by atoms with van der Waals surface area (Å²) in [5, 5.41) is 3.65. The molecule has 160 valence electrons. The van der Waals surface area contributed by atoms with Gasteiger partial charge in [-0.25, -0.2) is 4.98 Å². The lowest BCUT2D eigenvalue weighted by Gasteiger charge is -2.25. The average Bonchev–Trinajstić information content (AvgIpc) is 3.28. The van der Waals surface area contributed by atoms with Gasteiger partial charge in [0.15, 0.2) is 0 Å². The number of aromatic nitrogens is 2. The lowest BCUT2D eigenvalue weighted by Crippen LogP contribution is -2.39. The minimum absolute atomic E-state index is 0. The van der Waals surface area contributed by atoms with Gasteiger partial charge in [-0.15, -0.1) is 36.6 Å². The van der Waals surface area contributed by atoms with Crippen LogP contribution in [0.1, 0.15) is 35.3 Å². The lowest BCUT2D eigenvalue weighted by molar-refractivity contribution is 0.0744. The number of carbonyl (C=O) groups is 1. The number of pyridine rings is 1. The first kappa shape index (κ1) is 22.9. The molecular formula is C22H26Cl2N4OS. The van der Waals surface area contributed by atoms with E-state index < -0.39 is 0 Å². The summed E-state index contributed by atoms with van der Waals surface area (Å²) in [5.41, 5.74) is 2.79.